The summed E-state index contributed by atoms with van der Waals surface area (Å²) < 4.78 is 4.91. The lowest BCUT2D eigenvalue weighted by molar-refractivity contribution is -0.144. The number of aliphatic hydroxyl groups is 1. The third-order valence-electron chi connectivity index (χ3n) is 2.99. The van der Waals surface area contributed by atoms with Crippen LogP contribution in [0.25, 0.3) is 0 Å². The molecule has 6 heteroatoms. The molecule has 1 saturated carbocycles. The van der Waals surface area contributed by atoms with Crippen LogP contribution >= 0.6 is 11.3 Å². The van der Waals surface area contributed by atoms with Crippen LogP contribution in [-0.4, -0.2) is 47.7 Å². The van der Waals surface area contributed by atoms with E-state index in [0.717, 1.165) is 17.7 Å². The van der Waals surface area contributed by atoms with E-state index in [1.165, 1.54) is 11.3 Å². The van der Waals surface area contributed by atoms with Gasteiger partial charge in [0.15, 0.2) is 0 Å². The summed E-state index contributed by atoms with van der Waals surface area (Å²) >= 11 is 1.35. The number of hydrogen-bond acceptors (Lipinski definition) is 5. The second kappa shape index (κ2) is 7.25. The average Bonchev–Trinajstić information content (AvgIpc) is 3.20. The van der Waals surface area contributed by atoms with E-state index in [4.69, 9.17) is 9.84 Å². The standard InChI is InChI=1S/C15H17NO4S/c1-2-20-14(18)9-16(12-5-6-12)15(19)11-8-13(21-10-11)4-3-7-17/h8,10,12,17H,2,5-7,9H2,1H3. The van der Waals surface area contributed by atoms with Gasteiger partial charge in [-0.15, -0.1) is 11.3 Å². The smallest absolute Gasteiger partial charge is 0.325 e. The van der Waals surface area contributed by atoms with Crippen molar-refractivity contribution in [2.45, 2.75) is 25.8 Å². The number of aliphatic hydroxyl groups excluding tert-OH is 1. The van der Waals surface area contributed by atoms with Crippen LogP contribution in [0.5, 0.6) is 0 Å². The van der Waals surface area contributed by atoms with Crippen LogP contribution in [0.1, 0.15) is 35.0 Å². The molecule has 1 heterocycles. The molecule has 1 N–H and O–H groups in total. The molecule has 1 aliphatic rings. The van der Waals surface area contributed by atoms with E-state index in [1.807, 2.05) is 0 Å². The Morgan fingerprint density at radius 3 is 2.90 bits per heavy atom. The van der Waals surface area contributed by atoms with Crippen molar-refractivity contribution in [3.63, 3.8) is 0 Å². The minimum Gasteiger partial charge on any atom is -0.465 e. The Balaban J connectivity index is 2.07. The Hall–Kier alpha value is -1.84. The number of hydrogen-bond donors (Lipinski definition) is 1. The SMILES string of the molecule is CCOC(=O)CN(C(=O)c1csc(C#CCO)c1)C1CC1. The summed E-state index contributed by atoms with van der Waals surface area (Å²) in [7, 11) is 0. The van der Waals surface area contributed by atoms with E-state index in [2.05, 4.69) is 11.8 Å². The lowest BCUT2D eigenvalue weighted by Crippen LogP contribution is -2.38. The van der Waals surface area contributed by atoms with Gasteiger partial charge in [-0.1, -0.05) is 11.8 Å². The molecule has 0 saturated heterocycles. The van der Waals surface area contributed by atoms with Crippen molar-refractivity contribution >= 4 is 23.2 Å². The molecule has 1 aliphatic carbocycles. The van der Waals surface area contributed by atoms with E-state index in [0.29, 0.717) is 12.2 Å². The lowest BCUT2D eigenvalue weighted by atomic mass is 10.2. The van der Waals surface area contributed by atoms with Gasteiger partial charge in [-0.25, -0.2) is 0 Å². The number of carbonyl (C=O) groups excluding carboxylic acids is 2. The van der Waals surface area contributed by atoms with Gasteiger partial charge in [0, 0.05) is 11.4 Å². The van der Waals surface area contributed by atoms with Crippen molar-refractivity contribution in [2.24, 2.45) is 0 Å². The third kappa shape index (κ3) is 4.31. The molecule has 1 fully saturated rings. The Kier molecular flexibility index (Phi) is 5.37. The van der Waals surface area contributed by atoms with Gasteiger partial charge < -0.3 is 14.7 Å². The molecular weight excluding hydrogens is 290 g/mol. The second-order valence-corrected chi connectivity index (χ2v) is 5.54. The first kappa shape index (κ1) is 15.5. The van der Waals surface area contributed by atoms with Crippen molar-refractivity contribution in [3.05, 3.63) is 21.9 Å². The zero-order valence-electron chi connectivity index (χ0n) is 11.8. The highest BCUT2D eigenvalue weighted by Crippen LogP contribution is 2.29. The number of carbonyl (C=O) groups is 2. The quantitative estimate of drug-likeness (QED) is 0.657. The predicted molar refractivity (Wildman–Crippen MR) is 79.0 cm³/mol. The molecule has 0 bridgehead atoms. The molecule has 0 radical (unpaired) electrons. The summed E-state index contributed by atoms with van der Waals surface area (Å²) in [5.41, 5.74) is 0.526. The summed E-state index contributed by atoms with van der Waals surface area (Å²) in [4.78, 5) is 26.4. The van der Waals surface area contributed by atoms with Crippen LogP contribution < -0.4 is 0 Å². The maximum atomic E-state index is 12.5. The molecule has 0 spiro atoms. The van der Waals surface area contributed by atoms with E-state index < -0.39 is 0 Å². The van der Waals surface area contributed by atoms with Gasteiger partial charge in [-0.2, -0.15) is 0 Å². The Morgan fingerprint density at radius 1 is 1.52 bits per heavy atom. The fourth-order valence-corrected chi connectivity index (χ4v) is 2.65. The first-order valence-corrected chi connectivity index (χ1v) is 7.68. The molecule has 112 valence electrons. The second-order valence-electron chi connectivity index (χ2n) is 4.63. The van der Waals surface area contributed by atoms with Crippen LogP contribution in [0.15, 0.2) is 11.4 Å². The van der Waals surface area contributed by atoms with Crippen molar-refractivity contribution in [2.75, 3.05) is 19.8 Å². The molecule has 0 atom stereocenters. The van der Waals surface area contributed by atoms with E-state index in [9.17, 15) is 9.59 Å². The summed E-state index contributed by atoms with van der Waals surface area (Å²) in [5, 5.41) is 10.4. The van der Waals surface area contributed by atoms with Crippen LogP contribution in [0.2, 0.25) is 0 Å². The lowest BCUT2D eigenvalue weighted by Gasteiger charge is -2.20. The van der Waals surface area contributed by atoms with Crippen LogP contribution in [0, 0.1) is 11.8 Å². The highest BCUT2D eigenvalue weighted by atomic mass is 32.1. The van der Waals surface area contributed by atoms with Crippen LogP contribution in [-0.2, 0) is 9.53 Å². The Morgan fingerprint density at radius 2 is 2.29 bits per heavy atom. The first-order valence-electron chi connectivity index (χ1n) is 6.80. The highest BCUT2D eigenvalue weighted by Gasteiger charge is 2.34. The zero-order chi connectivity index (χ0) is 15.2. The minimum absolute atomic E-state index is 0.00909. The summed E-state index contributed by atoms with van der Waals surface area (Å²) in [5.74, 6) is 4.77. The maximum absolute atomic E-state index is 12.5. The van der Waals surface area contributed by atoms with Gasteiger partial charge in [0.05, 0.1) is 17.0 Å². The van der Waals surface area contributed by atoms with Crippen LogP contribution in [0.4, 0.5) is 0 Å². The monoisotopic (exact) mass is 307 g/mol. The highest BCUT2D eigenvalue weighted by molar-refractivity contribution is 7.10. The molecule has 0 aromatic carbocycles. The van der Waals surface area contributed by atoms with E-state index in [-0.39, 0.29) is 31.1 Å². The third-order valence-corrected chi connectivity index (χ3v) is 3.84. The van der Waals surface area contributed by atoms with E-state index >= 15 is 0 Å². The van der Waals surface area contributed by atoms with Gasteiger partial charge in [0.2, 0.25) is 0 Å². The number of nitrogens with zero attached hydrogens (tertiary/aromatic N) is 1. The molecule has 1 amide bonds. The fourth-order valence-electron chi connectivity index (χ4n) is 1.91. The zero-order valence-corrected chi connectivity index (χ0v) is 12.6. The van der Waals surface area contributed by atoms with E-state index in [1.54, 1.807) is 23.3 Å². The largest absolute Gasteiger partial charge is 0.465 e. The molecule has 0 unspecified atom stereocenters. The predicted octanol–water partition coefficient (Wildman–Crippen LogP) is 1.26. The maximum Gasteiger partial charge on any atom is 0.325 e. The number of esters is 1. The molecule has 1 aromatic rings. The van der Waals surface area contributed by atoms with Gasteiger partial charge in [-0.05, 0) is 25.8 Å². The Bertz CT molecular complexity index is 580. The molecule has 1 aromatic heterocycles. The summed E-state index contributed by atoms with van der Waals surface area (Å²) in [6.45, 7) is 1.83. The molecule has 0 aliphatic heterocycles. The van der Waals surface area contributed by atoms with Crippen molar-refractivity contribution < 1.29 is 19.4 Å². The number of rotatable bonds is 5. The molecule has 21 heavy (non-hydrogen) atoms. The molecule has 2 rings (SSSR count). The van der Waals surface area contributed by atoms with Gasteiger partial charge >= 0.3 is 5.97 Å². The topological polar surface area (TPSA) is 66.8 Å². The van der Waals surface area contributed by atoms with Crippen LogP contribution in [0.3, 0.4) is 0 Å². The van der Waals surface area contributed by atoms with Crippen molar-refractivity contribution in [1.82, 2.24) is 4.90 Å². The minimum atomic E-state index is -0.381. The number of amides is 1. The van der Waals surface area contributed by atoms with Crippen molar-refractivity contribution in [1.29, 1.82) is 0 Å². The van der Waals surface area contributed by atoms with Gasteiger partial charge in [0.1, 0.15) is 13.2 Å². The molecular formula is C15H17NO4S. The van der Waals surface area contributed by atoms with Crippen molar-refractivity contribution in [3.8, 4) is 11.8 Å². The number of thiophene rings is 1. The van der Waals surface area contributed by atoms with Gasteiger partial charge in [0.25, 0.3) is 5.91 Å². The summed E-state index contributed by atoms with van der Waals surface area (Å²) in [6, 6.07) is 1.82. The number of ether oxygens (including phenoxy) is 1. The first-order chi connectivity index (χ1) is 10.2. The summed E-state index contributed by atoms with van der Waals surface area (Å²) in [6.07, 6.45) is 1.85. The average molecular weight is 307 g/mol. The fraction of sp³-hybridized carbons (Fsp3) is 0.467. The Labute approximate surface area is 127 Å². The normalized spacial score (nSPS) is 13.2. The molecule has 5 nitrogen and oxygen atoms in total. The van der Waals surface area contributed by atoms with Gasteiger partial charge in [-0.3, -0.25) is 9.59 Å².